The second-order valence-corrected chi connectivity index (χ2v) is 7.58. The molecule has 158 valence electrons. The maximum absolute atomic E-state index is 12.0. The molecule has 2 aromatic rings. The van der Waals surface area contributed by atoms with Crippen molar-refractivity contribution >= 4 is 16.9 Å². The van der Waals surface area contributed by atoms with Crippen molar-refractivity contribution in [1.82, 2.24) is 9.97 Å². The zero-order valence-electron chi connectivity index (χ0n) is 18.6. The standard InChI is InChI=1S/C22H23N3OS.C3H8/c1-5-9-15(4)19(12-16(6-2)13-23)17(7-3)20-14-27-22(25-20)18-10-8-11-24-21(18)26;1-3-2/h6-8,10-12,14H,2,5,9H2,1,3-4H3,(H,24,26);3H2,1-2H3/b16-12+,17-7+,19-15-;. The van der Waals surface area contributed by atoms with Crippen molar-refractivity contribution in [3.63, 3.8) is 0 Å². The molecule has 0 saturated carbocycles. The van der Waals surface area contributed by atoms with Crippen LogP contribution >= 0.6 is 11.3 Å². The summed E-state index contributed by atoms with van der Waals surface area (Å²) in [6.45, 7) is 14.1. The molecule has 1 N–H and O–H groups in total. The lowest BCUT2D eigenvalue weighted by Gasteiger charge is -2.11. The fraction of sp³-hybridized carbons (Fsp3) is 0.320. The van der Waals surface area contributed by atoms with Gasteiger partial charge in [-0.25, -0.2) is 4.98 Å². The number of nitrogens with zero attached hydrogens (tertiary/aromatic N) is 2. The van der Waals surface area contributed by atoms with E-state index in [4.69, 9.17) is 4.98 Å². The molecule has 2 aromatic heterocycles. The summed E-state index contributed by atoms with van der Waals surface area (Å²) >= 11 is 1.43. The molecule has 0 saturated heterocycles. The van der Waals surface area contributed by atoms with Crippen LogP contribution in [0.4, 0.5) is 0 Å². The van der Waals surface area contributed by atoms with Gasteiger partial charge >= 0.3 is 0 Å². The highest BCUT2D eigenvalue weighted by Gasteiger charge is 2.15. The predicted molar refractivity (Wildman–Crippen MR) is 129 cm³/mol. The average Bonchev–Trinajstić information content (AvgIpc) is 3.21. The first kappa shape index (κ1) is 25.1. The Morgan fingerprint density at radius 3 is 2.60 bits per heavy atom. The zero-order valence-corrected chi connectivity index (χ0v) is 19.4. The molecule has 0 atom stereocenters. The second kappa shape index (κ2) is 13.3. The van der Waals surface area contributed by atoms with Crippen molar-refractivity contribution in [2.24, 2.45) is 0 Å². The first-order chi connectivity index (χ1) is 14.5. The molecule has 0 aliphatic rings. The summed E-state index contributed by atoms with van der Waals surface area (Å²) in [5.74, 6) is 0. The van der Waals surface area contributed by atoms with E-state index in [-0.39, 0.29) is 5.56 Å². The van der Waals surface area contributed by atoms with Crippen molar-refractivity contribution < 1.29 is 0 Å². The molecular weight excluding hydrogens is 390 g/mol. The molecule has 0 amide bonds. The lowest BCUT2D eigenvalue weighted by atomic mass is 9.94. The number of hydrogen-bond acceptors (Lipinski definition) is 4. The van der Waals surface area contributed by atoms with Crippen LogP contribution in [0.5, 0.6) is 0 Å². The number of aromatic nitrogens is 2. The first-order valence-electron chi connectivity index (χ1n) is 10.2. The van der Waals surface area contributed by atoms with Gasteiger partial charge in [-0.15, -0.1) is 11.3 Å². The van der Waals surface area contributed by atoms with Gasteiger partial charge in [0.1, 0.15) is 5.01 Å². The van der Waals surface area contributed by atoms with Crippen molar-refractivity contribution in [3.8, 4) is 16.6 Å². The Bertz CT molecular complexity index is 1030. The van der Waals surface area contributed by atoms with Crippen LogP contribution in [0, 0.1) is 11.3 Å². The minimum absolute atomic E-state index is 0.156. The lowest BCUT2D eigenvalue weighted by molar-refractivity contribution is 0.900. The number of hydrogen-bond donors (Lipinski definition) is 1. The molecule has 0 aliphatic carbocycles. The number of allylic oxidation sites excluding steroid dienone is 7. The van der Waals surface area contributed by atoms with Gasteiger partial charge in [0.05, 0.1) is 22.9 Å². The maximum Gasteiger partial charge on any atom is 0.258 e. The van der Waals surface area contributed by atoms with E-state index in [0.29, 0.717) is 16.1 Å². The summed E-state index contributed by atoms with van der Waals surface area (Å²) in [5.41, 5.74) is 4.82. The van der Waals surface area contributed by atoms with E-state index in [2.05, 4.69) is 45.3 Å². The Balaban J connectivity index is 0.00000141. The minimum atomic E-state index is -0.156. The van der Waals surface area contributed by atoms with Crippen LogP contribution in [0.3, 0.4) is 0 Å². The Morgan fingerprint density at radius 1 is 1.37 bits per heavy atom. The summed E-state index contributed by atoms with van der Waals surface area (Å²) in [6, 6.07) is 5.72. The highest BCUT2D eigenvalue weighted by atomic mass is 32.1. The van der Waals surface area contributed by atoms with Crippen LogP contribution in [0.15, 0.2) is 70.0 Å². The number of pyridine rings is 1. The smallest absolute Gasteiger partial charge is 0.258 e. The molecule has 30 heavy (non-hydrogen) atoms. The van der Waals surface area contributed by atoms with E-state index >= 15 is 0 Å². The van der Waals surface area contributed by atoms with Gasteiger partial charge in [-0.3, -0.25) is 4.79 Å². The Kier molecular flexibility index (Phi) is 11.1. The number of nitrogens with one attached hydrogen (secondary N) is 1. The number of rotatable bonds is 7. The van der Waals surface area contributed by atoms with E-state index in [1.54, 1.807) is 24.4 Å². The van der Waals surface area contributed by atoms with Gasteiger partial charge in [0.2, 0.25) is 0 Å². The van der Waals surface area contributed by atoms with Gasteiger partial charge in [-0.2, -0.15) is 5.26 Å². The molecule has 0 fully saturated rings. The number of H-pyrrole nitrogens is 1. The van der Waals surface area contributed by atoms with E-state index in [1.165, 1.54) is 23.3 Å². The van der Waals surface area contributed by atoms with Crippen molar-refractivity contribution in [2.75, 3.05) is 0 Å². The third-order valence-electron chi connectivity index (χ3n) is 4.14. The van der Waals surface area contributed by atoms with Gasteiger partial charge < -0.3 is 4.98 Å². The average molecular weight is 422 g/mol. The molecule has 0 bridgehead atoms. The highest BCUT2D eigenvalue weighted by molar-refractivity contribution is 7.13. The third-order valence-corrected chi connectivity index (χ3v) is 5.02. The molecule has 0 radical (unpaired) electrons. The molecule has 4 nitrogen and oxygen atoms in total. The SMILES string of the molecule is C=C\C(C#N)=C/C(=C(\C)CCC)C(=C\C)/c1csc(-c2ccc[nH]c2=O)n1.CCC. The van der Waals surface area contributed by atoms with Crippen LogP contribution in [0.2, 0.25) is 0 Å². The Hall–Kier alpha value is -2.97. The van der Waals surface area contributed by atoms with Crippen LogP contribution in [0.25, 0.3) is 16.1 Å². The lowest BCUT2D eigenvalue weighted by Crippen LogP contribution is -2.06. The van der Waals surface area contributed by atoms with Gasteiger partial charge in [-0.1, -0.05) is 57.9 Å². The van der Waals surface area contributed by atoms with Gasteiger partial charge in [0.15, 0.2) is 0 Å². The fourth-order valence-corrected chi connectivity index (χ4v) is 3.63. The van der Waals surface area contributed by atoms with E-state index in [1.807, 2.05) is 24.5 Å². The normalized spacial score (nSPS) is 12.4. The molecule has 0 aromatic carbocycles. The second-order valence-electron chi connectivity index (χ2n) is 6.72. The molecule has 5 heteroatoms. The molecule has 0 unspecified atom stereocenters. The van der Waals surface area contributed by atoms with E-state index in [0.717, 1.165) is 29.7 Å². The number of aromatic amines is 1. The third kappa shape index (κ3) is 6.82. The zero-order chi connectivity index (χ0) is 22.5. The van der Waals surface area contributed by atoms with Crippen molar-refractivity contribution in [1.29, 1.82) is 5.26 Å². The van der Waals surface area contributed by atoms with Gasteiger partial charge in [0.25, 0.3) is 5.56 Å². The largest absolute Gasteiger partial charge is 0.329 e. The summed E-state index contributed by atoms with van der Waals surface area (Å²) in [5, 5.41) is 11.9. The van der Waals surface area contributed by atoms with E-state index in [9.17, 15) is 10.1 Å². The Morgan fingerprint density at radius 2 is 2.07 bits per heavy atom. The van der Waals surface area contributed by atoms with E-state index < -0.39 is 0 Å². The Labute approximate surface area is 184 Å². The number of nitriles is 1. The molecular formula is C25H31N3OS. The fourth-order valence-electron chi connectivity index (χ4n) is 2.79. The quantitative estimate of drug-likeness (QED) is 0.384. The molecule has 2 rings (SSSR count). The summed E-state index contributed by atoms with van der Waals surface area (Å²) in [7, 11) is 0. The van der Waals surface area contributed by atoms with Crippen LogP contribution < -0.4 is 5.56 Å². The van der Waals surface area contributed by atoms with Crippen molar-refractivity contribution in [3.05, 3.63) is 81.3 Å². The minimum Gasteiger partial charge on any atom is -0.329 e. The van der Waals surface area contributed by atoms with Crippen LogP contribution in [-0.2, 0) is 0 Å². The van der Waals surface area contributed by atoms with Crippen LogP contribution in [-0.4, -0.2) is 9.97 Å². The first-order valence-corrected chi connectivity index (χ1v) is 11.1. The van der Waals surface area contributed by atoms with Crippen LogP contribution in [0.1, 0.15) is 59.6 Å². The topological polar surface area (TPSA) is 69.5 Å². The summed E-state index contributed by atoms with van der Waals surface area (Å²) in [6.07, 6.45) is 10.2. The van der Waals surface area contributed by atoms with Gasteiger partial charge in [0, 0.05) is 17.2 Å². The summed E-state index contributed by atoms with van der Waals surface area (Å²) < 4.78 is 0. The molecule has 0 aliphatic heterocycles. The van der Waals surface area contributed by atoms with Gasteiger partial charge in [-0.05, 0) is 44.1 Å². The monoisotopic (exact) mass is 421 g/mol. The number of thiazole rings is 1. The highest BCUT2D eigenvalue weighted by Crippen LogP contribution is 2.32. The van der Waals surface area contributed by atoms with Crippen molar-refractivity contribution in [2.45, 2.75) is 53.9 Å². The molecule has 0 spiro atoms. The summed E-state index contributed by atoms with van der Waals surface area (Å²) in [4.78, 5) is 19.4. The molecule has 2 heterocycles. The predicted octanol–water partition coefficient (Wildman–Crippen LogP) is 7.07. The maximum atomic E-state index is 12.0.